The van der Waals surface area contributed by atoms with E-state index in [4.69, 9.17) is 9.47 Å². The van der Waals surface area contributed by atoms with E-state index in [-0.39, 0.29) is 23.6 Å². The summed E-state index contributed by atoms with van der Waals surface area (Å²) in [5.41, 5.74) is 1.41. The second-order valence-corrected chi connectivity index (χ2v) is 5.48. The molecule has 1 amide bonds. The number of hydrogen-bond acceptors (Lipinski definition) is 5. The fraction of sp³-hybridized carbons (Fsp3) is 0.278. The number of carbonyl (C=O) groups is 3. The topological polar surface area (TPSA) is 97.5 Å². The summed E-state index contributed by atoms with van der Waals surface area (Å²) >= 11 is 0. The van der Waals surface area contributed by atoms with E-state index >= 15 is 0 Å². The van der Waals surface area contributed by atoms with Gasteiger partial charge in [-0.25, -0.2) is 14.0 Å². The van der Waals surface area contributed by atoms with Crippen LogP contribution in [0.5, 0.6) is 0 Å². The fourth-order valence-corrected chi connectivity index (χ4v) is 2.43. The van der Waals surface area contributed by atoms with Gasteiger partial charge in [0.25, 0.3) is 5.91 Å². The van der Waals surface area contributed by atoms with Gasteiger partial charge in [0.2, 0.25) is 0 Å². The molecule has 1 aromatic carbocycles. The van der Waals surface area contributed by atoms with E-state index in [0.717, 1.165) is 6.07 Å². The SMILES string of the molecule is CCOC(=O)c1[nH]c(C)c(C(=O)OCC(=O)Nc2cccc(F)c2)c1C. The van der Waals surface area contributed by atoms with Crippen LogP contribution in [0.2, 0.25) is 0 Å². The molecule has 138 valence electrons. The first-order chi connectivity index (χ1) is 12.3. The zero-order valence-corrected chi connectivity index (χ0v) is 14.6. The quantitative estimate of drug-likeness (QED) is 0.770. The van der Waals surface area contributed by atoms with Crippen molar-refractivity contribution >= 4 is 23.5 Å². The first-order valence-corrected chi connectivity index (χ1v) is 7.92. The highest BCUT2D eigenvalue weighted by atomic mass is 19.1. The van der Waals surface area contributed by atoms with Gasteiger partial charge in [-0.3, -0.25) is 4.79 Å². The summed E-state index contributed by atoms with van der Waals surface area (Å²) in [6.45, 7) is 4.53. The van der Waals surface area contributed by atoms with Crippen molar-refractivity contribution in [3.8, 4) is 0 Å². The van der Waals surface area contributed by atoms with Crippen LogP contribution in [0.1, 0.15) is 39.0 Å². The molecule has 0 aliphatic carbocycles. The first-order valence-electron chi connectivity index (χ1n) is 7.92. The van der Waals surface area contributed by atoms with Gasteiger partial charge in [-0.15, -0.1) is 0 Å². The lowest BCUT2D eigenvalue weighted by Gasteiger charge is -2.07. The molecule has 0 aliphatic rings. The summed E-state index contributed by atoms with van der Waals surface area (Å²) < 4.78 is 23.0. The van der Waals surface area contributed by atoms with Gasteiger partial charge in [-0.05, 0) is 44.5 Å². The highest BCUT2D eigenvalue weighted by Crippen LogP contribution is 2.20. The van der Waals surface area contributed by atoms with Crippen LogP contribution < -0.4 is 5.32 Å². The molecule has 7 nitrogen and oxygen atoms in total. The number of aromatic nitrogens is 1. The number of amides is 1. The van der Waals surface area contributed by atoms with E-state index in [2.05, 4.69) is 10.3 Å². The summed E-state index contributed by atoms with van der Waals surface area (Å²) in [5.74, 6) is -2.43. The van der Waals surface area contributed by atoms with Gasteiger partial charge >= 0.3 is 11.9 Å². The molecule has 0 atom stereocenters. The number of ether oxygens (including phenoxy) is 2. The molecular formula is C18H19FN2O5. The Morgan fingerprint density at radius 1 is 1.15 bits per heavy atom. The van der Waals surface area contributed by atoms with Gasteiger partial charge in [0.15, 0.2) is 6.61 Å². The molecule has 26 heavy (non-hydrogen) atoms. The highest BCUT2D eigenvalue weighted by molar-refractivity contribution is 6.00. The van der Waals surface area contributed by atoms with Crippen LogP contribution in [0.3, 0.4) is 0 Å². The van der Waals surface area contributed by atoms with Gasteiger partial charge in [0.1, 0.15) is 11.5 Å². The normalized spacial score (nSPS) is 10.3. The molecule has 1 heterocycles. The Hall–Kier alpha value is -3.16. The smallest absolute Gasteiger partial charge is 0.355 e. The largest absolute Gasteiger partial charge is 0.461 e. The molecule has 0 saturated heterocycles. The van der Waals surface area contributed by atoms with E-state index in [1.807, 2.05) is 0 Å². The predicted molar refractivity (Wildman–Crippen MR) is 91.5 cm³/mol. The lowest BCUT2D eigenvalue weighted by atomic mass is 10.1. The molecule has 0 bridgehead atoms. The number of rotatable bonds is 6. The maximum Gasteiger partial charge on any atom is 0.355 e. The maximum atomic E-state index is 13.1. The summed E-state index contributed by atoms with van der Waals surface area (Å²) in [5, 5.41) is 2.42. The van der Waals surface area contributed by atoms with Crippen molar-refractivity contribution in [2.24, 2.45) is 0 Å². The molecule has 0 saturated carbocycles. The molecule has 0 unspecified atom stereocenters. The number of hydrogen-bond donors (Lipinski definition) is 2. The Balaban J connectivity index is 2.01. The molecule has 0 radical (unpaired) electrons. The van der Waals surface area contributed by atoms with Gasteiger partial charge in [0.05, 0.1) is 12.2 Å². The predicted octanol–water partition coefficient (Wildman–Crippen LogP) is 2.74. The van der Waals surface area contributed by atoms with Crippen molar-refractivity contribution in [2.45, 2.75) is 20.8 Å². The molecule has 0 fully saturated rings. The monoisotopic (exact) mass is 362 g/mol. The molecular weight excluding hydrogens is 343 g/mol. The van der Waals surface area contributed by atoms with E-state index in [1.165, 1.54) is 18.2 Å². The van der Waals surface area contributed by atoms with Crippen molar-refractivity contribution in [3.63, 3.8) is 0 Å². The number of H-pyrrole nitrogens is 1. The summed E-state index contributed by atoms with van der Waals surface area (Å²) in [7, 11) is 0. The minimum absolute atomic E-state index is 0.167. The fourth-order valence-electron chi connectivity index (χ4n) is 2.43. The molecule has 0 spiro atoms. The Labute approximate surface area is 149 Å². The van der Waals surface area contributed by atoms with Crippen LogP contribution in [0.25, 0.3) is 0 Å². The van der Waals surface area contributed by atoms with Crippen molar-refractivity contribution in [1.82, 2.24) is 4.98 Å². The Morgan fingerprint density at radius 2 is 1.88 bits per heavy atom. The summed E-state index contributed by atoms with van der Waals surface area (Å²) in [6.07, 6.45) is 0. The van der Waals surface area contributed by atoms with Crippen LogP contribution in [0.4, 0.5) is 10.1 Å². The number of benzene rings is 1. The number of esters is 2. The lowest BCUT2D eigenvalue weighted by molar-refractivity contribution is -0.119. The number of nitrogens with one attached hydrogen (secondary N) is 2. The van der Waals surface area contributed by atoms with E-state index in [1.54, 1.807) is 20.8 Å². The van der Waals surface area contributed by atoms with Crippen LogP contribution in [-0.2, 0) is 14.3 Å². The van der Waals surface area contributed by atoms with Gasteiger partial charge in [-0.1, -0.05) is 6.07 Å². The third kappa shape index (κ3) is 4.47. The number of aryl methyl sites for hydroxylation is 1. The maximum absolute atomic E-state index is 13.1. The highest BCUT2D eigenvalue weighted by Gasteiger charge is 2.24. The number of carbonyl (C=O) groups excluding carboxylic acids is 3. The van der Waals surface area contributed by atoms with Gasteiger partial charge < -0.3 is 19.8 Å². The average molecular weight is 362 g/mol. The summed E-state index contributed by atoms with van der Waals surface area (Å²) in [4.78, 5) is 38.7. The van der Waals surface area contributed by atoms with Crippen molar-refractivity contribution in [3.05, 3.63) is 52.6 Å². The third-order valence-electron chi connectivity index (χ3n) is 3.56. The van der Waals surface area contributed by atoms with Crippen molar-refractivity contribution in [2.75, 3.05) is 18.5 Å². The third-order valence-corrected chi connectivity index (χ3v) is 3.56. The van der Waals surface area contributed by atoms with Gasteiger partial charge in [0, 0.05) is 11.4 Å². The van der Waals surface area contributed by atoms with E-state index in [9.17, 15) is 18.8 Å². The first kappa shape index (κ1) is 19.2. The van der Waals surface area contributed by atoms with E-state index < -0.39 is 30.3 Å². The Kier molecular flexibility index (Phi) is 6.11. The number of halogens is 1. The Bertz CT molecular complexity index is 844. The molecule has 2 N–H and O–H groups in total. The van der Waals surface area contributed by atoms with Crippen LogP contribution in [0, 0.1) is 19.7 Å². The molecule has 8 heteroatoms. The minimum atomic E-state index is -0.749. The summed E-state index contributed by atoms with van der Waals surface area (Å²) in [6, 6.07) is 5.34. The molecule has 2 aromatic rings. The van der Waals surface area contributed by atoms with Crippen molar-refractivity contribution < 1.29 is 28.2 Å². The van der Waals surface area contributed by atoms with Crippen molar-refractivity contribution in [1.29, 1.82) is 0 Å². The average Bonchev–Trinajstić information content (AvgIpc) is 2.87. The lowest BCUT2D eigenvalue weighted by Crippen LogP contribution is -2.21. The van der Waals surface area contributed by atoms with Crippen LogP contribution in [-0.4, -0.2) is 36.0 Å². The number of aromatic amines is 1. The molecule has 2 rings (SSSR count). The Morgan fingerprint density at radius 3 is 2.54 bits per heavy atom. The second kappa shape index (κ2) is 8.28. The molecule has 0 aliphatic heterocycles. The molecule has 1 aromatic heterocycles. The van der Waals surface area contributed by atoms with Crippen LogP contribution >= 0.6 is 0 Å². The van der Waals surface area contributed by atoms with Gasteiger partial charge in [-0.2, -0.15) is 0 Å². The zero-order valence-electron chi connectivity index (χ0n) is 14.6. The zero-order chi connectivity index (χ0) is 19.3. The van der Waals surface area contributed by atoms with E-state index in [0.29, 0.717) is 11.3 Å². The minimum Gasteiger partial charge on any atom is -0.461 e. The second-order valence-electron chi connectivity index (χ2n) is 5.48. The van der Waals surface area contributed by atoms with Crippen LogP contribution in [0.15, 0.2) is 24.3 Å². The standard InChI is InChI=1S/C18H19FN2O5/c1-4-25-18(24)16-10(2)15(11(3)20-16)17(23)26-9-14(22)21-13-7-5-6-12(19)8-13/h5-8,20H,4,9H2,1-3H3,(H,21,22). The number of anilines is 1.